The van der Waals surface area contributed by atoms with E-state index in [1.165, 1.54) is 22.7 Å². The number of sulfone groups is 1. The van der Waals surface area contributed by atoms with Gasteiger partial charge < -0.3 is 9.88 Å². The highest BCUT2D eigenvalue weighted by atomic mass is 32.2. The largest absolute Gasteiger partial charge is 0.347 e. The summed E-state index contributed by atoms with van der Waals surface area (Å²) in [5.74, 6) is 0.239. The maximum Gasteiger partial charge on any atom is 0.147 e. The Kier molecular flexibility index (Phi) is 5.42. The van der Waals surface area contributed by atoms with Gasteiger partial charge in [-0.25, -0.2) is 8.42 Å². The summed E-state index contributed by atoms with van der Waals surface area (Å²) in [4.78, 5) is 0. The molecule has 0 fully saturated rings. The van der Waals surface area contributed by atoms with Crippen molar-refractivity contribution in [2.24, 2.45) is 0 Å². The first-order chi connectivity index (χ1) is 10.0. The van der Waals surface area contributed by atoms with Gasteiger partial charge in [-0.15, -0.1) is 0 Å². The van der Waals surface area contributed by atoms with Crippen molar-refractivity contribution in [1.82, 2.24) is 9.88 Å². The molecule has 5 heteroatoms. The van der Waals surface area contributed by atoms with E-state index in [0.29, 0.717) is 6.42 Å². The molecule has 1 aromatic carbocycles. The molecule has 0 atom stereocenters. The predicted octanol–water partition coefficient (Wildman–Crippen LogP) is 2.58. The fourth-order valence-electron chi connectivity index (χ4n) is 2.57. The summed E-state index contributed by atoms with van der Waals surface area (Å²) in [6.07, 6.45) is 5.11. The third-order valence-electron chi connectivity index (χ3n) is 3.53. The van der Waals surface area contributed by atoms with Crippen LogP contribution in [0.2, 0.25) is 0 Å². The Morgan fingerprint density at radius 2 is 2.05 bits per heavy atom. The van der Waals surface area contributed by atoms with E-state index >= 15 is 0 Å². The average molecular weight is 308 g/mol. The zero-order chi connectivity index (χ0) is 15.3. The quantitative estimate of drug-likeness (QED) is 0.763. The Labute approximate surface area is 127 Å². The summed E-state index contributed by atoms with van der Waals surface area (Å²) < 4.78 is 24.7. The molecule has 0 unspecified atom stereocenters. The summed E-state index contributed by atoms with van der Waals surface area (Å²) in [6, 6.07) is 8.41. The molecule has 0 aliphatic rings. The average Bonchev–Trinajstić information content (AvgIpc) is 2.82. The van der Waals surface area contributed by atoms with Gasteiger partial charge in [0.05, 0.1) is 11.3 Å². The molecule has 4 nitrogen and oxygen atoms in total. The van der Waals surface area contributed by atoms with E-state index in [4.69, 9.17) is 0 Å². The first-order valence-corrected chi connectivity index (χ1v) is 9.52. The molecule has 0 aliphatic carbocycles. The van der Waals surface area contributed by atoms with Gasteiger partial charge in [0.1, 0.15) is 9.84 Å². The van der Waals surface area contributed by atoms with Crippen molar-refractivity contribution in [3.63, 3.8) is 0 Å². The Bertz CT molecular complexity index is 689. The first-order valence-electron chi connectivity index (χ1n) is 7.46. The molecule has 21 heavy (non-hydrogen) atoms. The normalized spacial score (nSPS) is 12.1. The minimum Gasteiger partial charge on any atom is -0.347 e. The van der Waals surface area contributed by atoms with Gasteiger partial charge in [0.15, 0.2) is 0 Å². The Morgan fingerprint density at radius 3 is 2.76 bits per heavy atom. The highest BCUT2D eigenvalue weighted by Crippen LogP contribution is 2.21. The van der Waals surface area contributed by atoms with Crippen molar-refractivity contribution in [2.75, 3.05) is 18.6 Å². The highest BCUT2D eigenvalue weighted by Gasteiger charge is 2.08. The third-order valence-corrected chi connectivity index (χ3v) is 4.56. The van der Waals surface area contributed by atoms with Crippen molar-refractivity contribution < 1.29 is 8.42 Å². The molecule has 1 N–H and O–H groups in total. The van der Waals surface area contributed by atoms with Crippen LogP contribution in [0.25, 0.3) is 10.9 Å². The molecule has 0 bridgehead atoms. The van der Waals surface area contributed by atoms with E-state index in [0.717, 1.165) is 26.1 Å². The summed E-state index contributed by atoms with van der Waals surface area (Å²) in [5, 5.41) is 4.64. The second-order valence-corrected chi connectivity index (χ2v) is 7.78. The Balaban J connectivity index is 2.16. The molecule has 0 spiro atoms. The molecule has 0 saturated heterocycles. The molecule has 0 aliphatic heterocycles. The summed E-state index contributed by atoms with van der Waals surface area (Å²) in [7, 11) is -2.88. The number of aryl methyl sites for hydroxylation is 1. The predicted molar refractivity (Wildman–Crippen MR) is 88.3 cm³/mol. The maximum absolute atomic E-state index is 11.2. The number of nitrogens with zero attached hydrogens (tertiary/aromatic N) is 1. The van der Waals surface area contributed by atoms with E-state index < -0.39 is 9.84 Å². The van der Waals surface area contributed by atoms with Gasteiger partial charge in [-0.1, -0.05) is 25.1 Å². The van der Waals surface area contributed by atoms with Gasteiger partial charge in [-0.3, -0.25) is 0 Å². The SMILES string of the molecule is CCCNCc1cccc2ccn(CCCS(C)(=O)=O)c12. The molecular weight excluding hydrogens is 284 g/mol. The number of nitrogens with one attached hydrogen (secondary N) is 1. The van der Waals surface area contributed by atoms with E-state index in [2.05, 4.69) is 47.3 Å². The highest BCUT2D eigenvalue weighted by molar-refractivity contribution is 7.90. The number of para-hydroxylation sites is 1. The zero-order valence-corrected chi connectivity index (χ0v) is 13.6. The van der Waals surface area contributed by atoms with Crippen molar-refractivity contribution in [3.8, 4) is 0 Å². The van der Waals surface area contributed by atoms with Crippen LogP contribution in [0.15, 0.2) is 30.5 Å². The van der Waals surface area contributed by atoms with E-state index in [-0.39, 0.29) is 5.75 Å². The summed E-state index contributed by atoms with van der Waals surface area (Å²) >= 11 is 0. The van der Waals surface area contributed by atoms with Crippen LogP contribution in [0.5, 0.6) is 0 Å². The molecule has 0 radical (unpaired) electrons. The number of aromatic nitrogens is 1. The summed E-state index contributed by atoms with van der Waals surface area (Å²) in [5.41, 5.74) is 2.49. The molecule has 0 saturated carbocycles. The van der Waals surface area contributed by atoms with Crippen LogP contribution >= 0.6 is 0 Å². The molecule has 2 aromatic rings. The molecule has 0 amide bonds. The first kappa shape index (κ1) is 16.0. The molecule has 1 aromatic heterocycles. The smallest absolute Gasteiger partial charge is 0.147 e. The van der Waals surface area contributed by atoms with E-state index in [9.17, 15) is 8.42 Å². The van der Waals surface area contributed by atoms with Crippen LogP contribution < -0.4 is 5.32 Å². The van der Waals surface area contributed by atoms with Crippen molar-refractivity contribution in [1.29, 1.82) is 0 Å². The number of hydrogen-bond donors (Lipinski definition) is 1. The number of rotatable bonds is 8. The fraction of sp³-hybridized carbons (Fsp3) is 0.500. The van der Waals surface area contributed by atoms with E-state index in [1.54, 1.807) is 0 Å². The van der Waals surface area contributed by atoms with Gasteiger partial charge in [-0.2, -0.15) is 0 Å². The van der Waals surface area contributed by atoms with Crippen LogP contribution in [0.1, 0.15) is 25.3 Å². The van der Waals surface area contributed by atoms with Crippen LogP contribution in [0, 0.1) is 0 Å². The molecule has 2 rings (SSSR count). The monoisotopic (exact) mass is 308 g/mol. The minimum absolute atomic E-state index is 0.239. The van der Waals surface area contributed by atoms with Crippen LogP contribution in [-0.2, 0) is 22.9 Å². The lowest BCUT2D eigenvalue weighted by Crippen LogP contribution is -2.15. The van der Waals surface area contributed by atoms with Crippen LogP contribution in [0.3, 0.4) is 0 Å². The maximum atomic E-state index is 11.2. The van der Waals surface area contributed by atoms with Crippen LogP contribution in [-0.4, -0.2) is 31.5 Å². The molecule has 1 heterocycles. The van der Waals surface area contributed by atoms with Gasteiger partial charge in [-0.05, 0) is 36.4 Å². The third kappa shape index (κ3) is 4.58. The standard InChI is InChI=1S/C16H24N2O2S/c1-3-9-17-13-15-7-4-6-14-8-11-18(16(14)15)10-5-12-21(2,19)20/h4,6-8,11,17H,3,5,9-10,12-13H2,1-2H3. The number of benzene rings is 1. The van der Waals surface area contributed by atoms with Gasteiger partial charge >= 0.3 is 0 Å². The lowest BCUT2D eigenvalue weighted by molar-refractivity contribution is 0.593. The second-order valence-electron chi connectivity index (χ2n) is 5.52. The van der Waals surface area contributed by atoms with Gasteiger partial charge in [0.25, 0.3) is 0 Å². The second kappa shape index (κ2) is 7.09. The number of hydrogen-bond acceptors (Lipinski definition) is 3. The Hall–Kier alpha value is -1.33. The van der Waals surface area contributed by atoms with Crippen molar-refractivity contribution >= 4 is 20.7 Å². The molecular formula is C16H24N2O2S. The van der Waals surface area contributed by atoms with Crippen molar-refractivity contribution in [3.05, 3.63) is 36.0 Å². The number of fused-ring (bicyclic) bond motifs is 1. The van der Waals surface area contributed by atoms with Gasteiger partial charge in [0, 0.05) is 25.5 Å². The van der Waals surface area contributed by atoms with E-state index in [1.807, 2.05) is 0 Å². The Morgan fingerprint density at radius 1 is 1.24 bits per heavy atom. The minimum atomic E-state index is -2.88. The topological polar surface area (TPSA) is 51.1 Å². The summed E-state index contributed by atoms with van der Waals surface area (Å²) in [6.45, 7) is 4.75. The van der Waals surface area contributed by atoms with Crippen LogP contribution in [0.4, 0.5) is 0 Å². The fourth-order valence-corrected chi connectivity index (χ4v) is 3.22. The lowest BCUT2D eigenvalue weighted by atomic mass is 10.1. The molecule has 116 valence electrons. The van der Waals surface area contributed by atoms with Crippen molar-refractivity contribution in [2.45, 2.75) is 32.9 Å². The van der Waals surface area contributed by atoms with Gasteiger partial charge in [0.2, 0.25) is 0 Å². The lowest BCUT2D eigenvalue weighted by Gasteiger charge is -2.10. The zero-order valence-electron chi connectivity index (χ0n) is 12.8.